The summed E-state index contributed by atoms with van der Waals surface area (Å²) in [4.78, 5) is 2.30. The molecule has 0 amide bonds. The smallest absolute Gasteiger partial charge is 0.0363 e. The van der Waals surface area contributed by atoms with E-state index in [1.165, 1.54) is 11.3 Å². The highest BCUT2D eigenvalue weighted by atomic mass is 15.1. The first kappa shape index (κ1) is 14.0. The van der Waals surface area contributed by atoms with Crippen LogP contribution in [-0.2, 0) is 6.42 Å². The molecule has 0 radical (unpaired) electrons. The van der Waals surface area contributed by atoms with Crippen LogP contribution in [0.5, 0.6) is 0 Å². The van der Waals surface area contributed by atoms with Gasteiger partial charge in [-0.15, -0.1) is 0 Å². The van der Waals surface area contributed by atoms with Gasteiger partial charge in [-0.2, -0.15) is 0 Å². The van der Waals surface area contributed by atoms with E-state index in [1.54, 1.807) is 0 Å². The number of hydrogen-bond acceptors (Lipinski definition) is 2. The quantitative estimate of drug-likeness (QED) is 0.867. The first-order valence-electron chi connectivity index (χ1n) is 6.33. The first-order chi connectivity index (χ1) is 7.78. The monoisotopic (exact) mass is 234 g/mol. The molecule has 0 aliphatic rings. The van der Waals surface area contributed by atoms with Crippen molar-refractivity contribution in [3.63, 3.8) is 0 Å². The molecule has 1 rings (SSSR count). The summed E-state index contributed by atoms with van der Waals surface area (Å²) in [5, 5.41) is 0. The topological polar surface area (TPSA) is 29.3 Å². The van der Waals surface area contributed by atoms with E-state index >= 15 is 0 Å². The predicted molar refractivity (Wildman–Crippen MR) is 76.5 cm³/mol. The highest BCUT2D eigenvalue weighted by Crippen LogP contribution is 2.20. The minimum atomic E-state index is 0.230. The zero-order chi connectivity index (χ0) is 13.1. The van der Waals surface area contributed by atoms with Crippen LogP contribution in [0.4, 0.5) is 5.69 Å². The fraction of sp³-hybridized carbons (Fsp3) is 0.600. The van der Waals surface area contributed by atoms with Crippen LogP contribution >= 0.6 is 0 Å². The minimum absolute atomic E-state index is 0.230. The third-order valence-electron chi connectivity index (χ3n) is 2.65. The number of nitrogens with two attached hydrogens (primary N) is 1. The molecule has 1 atom stereocenters. The molecule has 0 aliphatic carbocycles. The van der Waals surface area contributed by atoms with Gasteiger partial charge in [-0.25, -0.2) is 0 Å². The lowest BCUT2D eigenvalue weighted by atomic mass is 9.96. The van der Waals surface area contributed by atoms with Crippen molar-refractivity contribution in [3.05, 3.63) is 29.8 Å². The molecule has 96 valence electrons. The van der Waals surface area contributed by atoms with Crippen LogP contribution in [-0.4, -0.2) is 19.6 Å². The Bertz CT molecular complexity index is 333. The molecule has 0 saturated carbocycles. The van der Waals surface area contributed by atoms with Gasteiger partial charge in [0.25, 0.3) is 0 Å². The van der Waals surface area contributed by atoms with Gasteiger partial charge in [0.05, 0.1) is 0 Å². The maximum atomic E-state index is 5.80. The summed E-state index contributed by atoms with van der Waals surface area (Å²) >= 11 is 0. The Labute approximate surface area is 106 Å². The van der Waals surface area contributed by atoms with Crippen molar-refractivity contribution in [2.45, 2.75) is 40.2 Å². The molecule has 0 aliphatic heterocycles. The highest BCUT2D eigenvalue weighted by molar-refractivity contribution is 5.47. The van der Waals surface area contributed by atoms with Gasteiger partial charge in [0.1, 0.15) is 0 Å². The van der Waals surface area contributed by atoms with Gasteiger partial charge in [-0.05, 0) is 36.5 Å². The molecule has 0 bridgehead atoms. The number of nitrogens with zero attached hydrogens (tertiary/aromatic N) is 1. The molecule has 2 heteroatoms. The van der Waals surface area contributed by atoms with Crippen LogP contribution in [0.15, 0.2) is 24.3 Å². The average Bonchev–Trinajstić information content (AvgIpc) is 2.15. The van der Waals surface area contributed by atoms with Crippen molar-refractivity contribution in [2.24, 2.45) is 11.1 Å². The first-order valence-corrected chi connectivity index (χ1v) is 6.33. The lowest BCUT2D eigenvalue weighted by Crippen LogP contribution is -2.29. The highest BCUT2D eigenvalue weighted by Gasteiger charge is 2.13. The molecule has 1 aromatic carbocycles. The van der Waals surface area contributed by atoms with E-state index in [0.717, 1.165) is 13.0 Å². The summed E-state index contributed by atoms with van der Waals surface area (Å²) in [5.41, 5.74) is 8.70. The second kappa shape index (κ2) is 5.54. The summed E-state index contributed by atoms with van der Waals surface area (Å²) in [6.07, 6.45) is 0.948. The summed E-state index contributed by atoms with van der Waals surface area (Å²) in [7, 11) is 2.14. The Morgan fingerprint density at radius 3 is 2.12 bits per heavy atom. The van der Waals surface area contributed by atoms with E-state index < -0.39 is 0 Å². The molecule has 0 aromatic heterocycles. The molecule has 1 unspecified atom stereocenters. The lowest BCUT2D eigenvalue weighted by Gasteiger charge is -2.28. The van der Waals surface area contributed by atoms with E-state index in [1.807, 2.05) is 6.92 Å². The molecule has 0 fully saturated rings. The third kappa shape index (κ3) is 5.22. The van der Waals surface area contributed by atoms with Gasteiger partial charge in [0, 0.05) is 25.3 Å². The van der Waals surface area contributed by atoms with Crippen LogP contribution in [0.1, 0.15) is 33.3 Å². The van der Waals surface area contributed by atoms with Crippen molar-refractivity contribution >= 4 is 5.69 Å². The van der Waals surface area contributed by atoms with Gasteiger partial charge in [0.2, 0.25) is 0 Å². The number of rotatable bonds is 4. The lowest BCUT2D eigenvalue weighted by molar-refractivity contribution is 0.419. The van der Waals surface area contributed by atoms with Crippen LogP contribution in [0, 0.1) is 5.41 Å². The van der Waals surface area contributed by atoms with E-state index in [0.29, 0.717) is 5.41 Å². The number of anilines is 1. The zero-order valence-corrected chi connectivity index (χ0v) is 11.8. The Morgan fingerprint density at radius 1 is 1.18 bits per heavy atom. The molecule has 1 aromatic rings. The Balaban J connectivity index is 2.67. The fourth-order valence-corrected chi connectivity index (χ4v) is 2.06. The summed E-state index contributed by atoms with van der Waals surface area (Å²) < 4.78 is 0. The molecule has 0 heterocycles. The van der Waals surface area contributed by atoms with E-state index in [4.69, 9.17) is 5.73 Å². The number of hydrogen-bond donors (Lipinski definition) is 1. The molecular formula is C15H26N2. The maximum Gasteiger partial charge on any atom is 0.0363 e. The van der Waals surface area contributed by atoms with Crippen molar-refractivity contribution < 1.29 is 0 Å². The second-order valence-electron chi connectivity index (χ2n) is 6.26. The predicted octanol–water partition coefficient (Wildman–Crippen LogP) is 3.06. The fourth-order valence-electron chi connectivity index (χ4n) is 2.06. The minimum Gasteiger partial charge on any atom is -0.374 e. The average molecular weight is 234 g/mol. The third-order valence-corrected chi connectivity index (χ3v) is 2.65. The van der Waals surface area contributed by atoms with E-state index in [9.17, 15) is 0 Å². The standard InChI is InChI=1S/C15H26N2/c1-12(16)10-13-6-8-14(9-7-13)17(5)11-15(2,3)4/h6-9,12H,10-11,16H2,1-5H3. The summed E-state index contributed by atoms with van der Waals surface area (Å²) in [5.74, 6) is 0. The van der Waals surface area contributed by atoms with Crippen molar-refractivity contribution in [1.82, 2.24) is 0 Å². The molecule has 0 spiro atoms. The normalized spacial score (nSPS) is 13.5. The van der Waals surface area contributed by atoms with Crippen LogP contribution in [0.2, 0.25) is 0 Å². The van der Waals surface area contributed by atoms with Gasteiger partial charge in [0.15, 0.2) is 0 Å². The largest absolute Gasteiger partial charge is 0.374 e. The van der Waals surface area contributed by atoms with Crippen molar-refractivity contribution in [3.8, 4) is 0 Å². The Hall–Kier alpha value is -1.02. The van der Waals surface area contributed by atoms with Gasteiger partial charge in [-0.3, -0.25) is 0 Å². The SMILES string of the molecule is CC(N)Cc1ccc(N(C)CC(C)(C)C)cc1. The zero-order valence-electron chi connectivity index (χ0n) is 11.8. The van der Waals surface area contributed by atoms with Crippen molar-refractivity contribution in [2.75, 3.05) is 18.5 Å². The van der Waals surface area contributed by atoms with Crippen molar-refractivity contribution in [1.29, 1.82) is 0 Å². The van der Waals surface area contributed by atoms with E-state index in [-0.39, 0.29) is 6.04 Å². The van der Waals surface area contributed by atoms with Crippen LogP contribution in [0.3, 0.4) is 0 Å². The summed E-state index contributed by atoms with van der Waals surface area (Å²) in [6.45, 7) is 9.87. The molecule has 0 saturated heterocycles. The van der Waals surface area contributed by atoms with Crippen LogP contribution < -0.4 is 10.6 Å². The second-order valence-corrected chi connectivity index (χ2v) is 6.26. The molecular weight excluding hydrogens is 208 g/mol. The van der Waals surface area contributed by atoms with Gasteiger partial charge in [-0.1, -0.05) is 32.9 Å². The van der Waals surface area contributed by atoms with Crippen LogP contribution in [0.25, 0.3) is 0 Å². The van der Waals surface area contributed by atoms with Gasteiger partial charge >= 0.3 is 0 Å². The Morgan fingerprint density at radius 2 is 1.71 bits per heavy atom. The molecule has 2 nitrogen and oxygen atoms in total. The Kier molecular flexibility index (Phi) is 4.58. The number of benzene rings is 1. The maximum absolute atomic E-state index is 5.80. The molecule has 17 heavy (non-hydrogen) atoms. The van der Waals surface area contributed by atoms with Gasteiger partial charge < -0.3 is 10.6 Å². The molecule has 2 N–H and O–H groups in total. The summed E-state index contributed by atoms with van der Waals surface area (Å²) in [6, 6.07) is 8.95. The van der Waals surface area contributed by atoms with E-state index in [2.05, 4.69) is 57.0 Å².